The van der Waals surface area contributed by atoms with Crippen molar-refractivity contribution < 1.29 is 35.6 Å². The third-order valence-electron chi connectivity index (χ3n) is 3.99. The summed E-state index contributed by atoms with van der Waals surface area (Å²) in [5.41, 5.74) is -0.300. The number of benzene rings is 1. The van der Waals surface area contributed by atoms with Gasteiger partial charge in [0.05, 0.1) is 41.8 Å². The van der Waals surface area contributed by atoms with Gasteiger partial charge in [-0.15, -0.1) is 0 Å². The van der Waals surface area contributed by atoms with E-state index in [1.54, 1.807) is 79.7 Å². The molecule has 0 spiro atoms. The topological polar surface area (TPSA) is 129 Å². The molecule has 14 heteroatoms. The minimum Gasteiger partial charge on any atom is -0.349 e. The fourth-order valence-electron chi connectivity index (χ4n) is 3.11. The van der Waals surface area contributed by atoms with E-state index in [-0.39, 0.29) is 11.2 Å². The van der Waals surface area contributed by atoms with Crippen molar-refractivity contribution >= 4 is 53.8 Å². The molecule has 0 aliphatic rings. The number of rotatable bonds is 15. The van der Waals surface area contributed by atoms with Crippen molar-refractivity contribution in [3.8, 4) is 0 Å². The summed E-state index contributed by atoms with van der Waals surface area (Å²) < 4.78 is 76.2. The van der Waals surface area contributed by atoms with Gasteiger partial charge in [0.25, 0.3) is 0 Å². The Morgan fingerprint density at radius 3 is 1.56 bits per heavy atom. The van der Waals surface area contributed by atoms with Crippen LogP contribution in [0.1, 0.15) is 55.4 Å². The Morgan fingerprint density at radius 1 is 0.806 bits per heavy atom. The van der Waals surface area contributed by atoms with Gasteiger partial charge in [-0.25, -0.2) is 8.42 Å². The Morgan fingerprint density at radius 2 is 1.19 bits per heavy atom. The van der Waals surface area contributed by atoms with Crippen LogP contribution in [-0.2, 0) is 37.2 Å². The summed E-state index contributed by atoms with van der Waals surface area (Å²) in [4.78, 5) is 0.0587. The molecular formula is C22H40N2O8P2S2. The Hall–Kier alpha value is -0.840. The maximum absolute atomic E-state index is 14.1. The molecule has 208 valence electrons. The van der Waals surface area contributed by atoms with Crippen LogP contribution in [0.3, 0.4) is 0 Å². The first kappa shape index (κ1) is 33.2. The molecule has 1 aromatic rings. The highest BCUT2D eigenvalue weighted by Crippen LogP contribution is 2.62. The second kappa shape index (κ2) is 13.8. The quantitative estimate of drug-likeness (QED) is 0.180. The average molecular weight is 587 g/mol. The first-order valence-corrected chi connectivity index (χ1v) is 17.3. The lowest BCUT2D eigenvalue weighted by atomic mass is 10.3. The van der Waals surface area contributed by atoms with Crippen molar-refractivity contribution in [2.45, 2.75) is 85.5 Å². The van der Waals surface area contributed by atoms with Crippen LogP contribution in [0.5, 0.6) is 0 Å². The summed E-state index contributed by atoms with van der Waals surface area (Å²) >= 11 is 5.64. The number of hydrogen-bond donors (Lipinski definition) is 2. The fraction of sp³-hybridized carbons (Fsp3) is 0.682. The van der Waals surface area contributed by atoms with Crippen molar-refractivity contribution in [2.24, 2.45) is 0 Å². The molecule has 0 saturated carbocycles. The van der Waals surface area contributed by atoms with E-state index in [4.69, 9.17) is 30.3 Å². The molecule has 0 radical (unpaired) electrons. The normalized spacial score (nSPS) is 14.0. The van der Waals surface area contributed by atoms with Gasteiger partial charge in [-0.1, -0.05) is 12.2 Å². The van der Waals surface area contributed by atoms with E-state index in [0.29, 0.717) is 11.4 Å². The molecule has 10 nitrogen and oxygen atoms in total. The fourth-order valence-corrected chi connectivity index (χ4v) is 9.77. The van der Waals surface area contributed by atoms with Gasteiger partial charge in [0.1, 0.15) is 5.66 Å². The van der Waals surface area contributed by atoms with Crippen molar-refractivity contribution in [3.63, 3.8) is 0 Å². The molecule has 0 amide bonds. The zero-order chi connectivity index (χ0) is 27.9. The van der Waals surface area contributed by atoms with E-state index in [1.807, 2.05) is 0 Å². The van der Waals surface area contributed by atoms with E-state index in [1.165, 1.54) is 0 Å². The van der Waals surface area contributed by atoms with E-state index < -0.39 is 55.3 Å². The van der Waals surface area contributed by atoms with E-state index >= 15 is 0 Å². The molecule has 1 rings (SSSR count). The maximum atomic E-state index is 14.1. The molecule has 2 N–H and O–H groups in total. The molecule has 0 heterocycles. The molecule has 0 bridgehead atoms. The average Bonchev–Trinajstić information content (AvgIpc) is 2.63. The van der Waals surface area contributed by atoms with Gasteiger partial charge in [-0.05, 0) is 79.7 Å². The zero-order valence-electron chi connectivity index (χ0n) is 22.4. The minimum absolute atomic E-state index is 0.0587. The van der Waals surface area contributed by atoms with Crippen LogP contribution < -0.4 is 10.0 Å². The Balaban J connectivity index is 3.44. The second-order valence-electron chi connectivity index (χ2n) is 9.41. The van der Waals surface area contributed by atoms with Crippen LogP contribution >= 0.6 is 27.4 Å². The largest absolute Gasteiger partial charge is 0.349 e. The van der Waals surface area contributed by atoms with Crippen LogP contribution in [0.25, 0.3) is 0 Å². The Labute approximate surface area is 221 Å². The van der Waals surface area contributed by atoms with Crippen LogP contribution in [-0.4, -0.2) is 55.9 Å². The van der Waals surface area contributed by atoms with E-state index in [2.05, 4.69) is 10.0 Å². The highest BCUT2D eigenvalue weighted by Gasteiger charge is 2.46. The number of thiocarbonyl (C=S) groups is 1. The molecule has 1 atom stereocenters. The predicted molar refractivity (Wildman–Crippen MR) is 150 cm³/mol. The minimum atomic E-state index is -3.98. The van der Waals surface area contributed by atoms with Gasteiger partial charge in [-0.3, -0.25) is 13.9 Å². The lowest BCUT2D eigenvalue weighted by Crippen LogP contribution is -2.33. The monoisotopic (exact) mass is 586 g/mol. The lowest BCUT2D eigenvalue weighted by molar-refractivity contribution is 0.133. The van der Waals surface area contributed by atoms with Gasteiger partial charge < -0.3 is 23.4 Å². The summed E-state index contributed by atoms with van der Waals surface area (Å²) in [6, 6.07) is 6.29. The predicted octanol–water partition coefficient (Wildman–Crippen LogP) is 6.25. The van der Waals surface area contributed by atoms with Crippen molar-refractivity contribution in [1.82, 2.24) is 0 Å². The lowest BCUT2D eigenvalue weighted by Gasteiger charge is -2.33. The molecule has 0 aliphatic carbocycles. The van der Waals surface area contributed by atoms with Gasteiger partial charge in [0, 0.05) is 11.4 Å². The standard InChI is InChI=1S/C22H40N2O8P2S2/c1-15(2)29-33(25,30-16(3)4)14-21(34(26,31-17(5)6)32-18(7)8)22(35)23-19-10-12-20(13-11-19)24-36(9,27)28/h10-13,15-18,21,24H,14H2,1-9H3,(H,23,35). The van der Waals surface area contributed by atoms with E-state index in [0.717, 1.165) is 6.26 Å². The van der Waals surface area contributed by atoms with Crippen molar-refractivity contribution in [2.75, 3.05) is 22.5 Å². The first-order chi connectivity index (χ1) is 16.3. The van der Waals surface area contributed by atoms with Gasteiger partial charge in [0.2, 0.25) is 10.0 Å². The number of nitrogens with one attached hydrogen (secondary N) is 2. The Bertz CT molecular complexity index is 1030. The summed E-state index contributed by atoms with van der Waals surface area (Å²) in [6.45, 7) is 13.8. The zero-order valence-corrected chi connectivity index (χ0v) is 25.8. The highest BCUT2D eigenvalue weighted by molar-refractivity contribution is 7.92. The summed E-state index contributed by atoms with van der Waals surface area (Å²) in [5, 5.41) is 3.00. The van der Waals surface area contributed by atoms with Gasteiger partial charge in [0.15, 0.2) is 0 Å². The third-order valence-corrected chi connectivity index (χ3v) is 10.4. The number of hydrogen-bond acceptors (Lipinski definition) is 9. The summed E-state index contributed by atoms with van der Waals surface area (Å²) in [7, 11) is -11.2. The van der Waals surface area contributed by atoms with Crippen LogP contribution in [0, 0.1) is 0 Å². The SMILES string of the molecule is CC(C)OP(=O)(CC(C(=S)Nc1ccc(NS(C)(=O)=O)cc1)P(=O)(OC(C)C)OC(C)C)OC(C)C. The maximum Gasteiger partial charge on any atom is 0.341 e. The highest BCUT2D eigenvalue weighted by atomic mass is 32.2. The van der Waals surface area contributed by atoms with Gasteiger partial charge >= 0.3 is 15.2 Å². The molecule has 1 aromatic carbocycles. The van der Waals surface area contributed by atoms with Crippen LogP contribution in [0.15, 0.2) is 24.3 Å². The number of sulfonamides is 1. The molecule has 36 heavy (non-hydrogen) atoms. The van der Waals surface area contributed by atoms with E-state index in [9.17, 15) is 17.5 Å². The van der Waals surface area contributed by atoms with Crippen molar-refractivity contribution in [3.05, 3.63) is 24.3 Å². The molecule has 0 saturated heterocycles. The molecule has 1 unspecified atom stereocenters. The van der Waals surface area contributed by atoms with Crippen molar-refractivity contribution in [1.29, 1.82) is 0 Å². The Kier molecular flexibility index (Phi) is 12.7. The third kappa shape index (κ3) is 12.1. The molecular weight excluding hydrogens is 546 g/mol. The van der Waals surface area contributed by atoms with Gasteiger partial charge in [-0.2, -0.15) is 0 Å². The smallest absolute Gasteiger partial charge is 0.341 e. The second-order valence-corrected chi connectivity index (χ2v) is 15.7. The molecule has 0 fully saturated rings. The molecule has 0 aliphatic heterocycles. The molecule has 0 aromatic heterocycles. The summed E-state index contributed by atoms with van der Waals surface area (Å²) in [5.74, 6) is 0. The van der Waals surface area contributed by atoms with Crippen LogP contribution in [0.4, 0.5) is 11.4 Å². The number of anilines is 2. The van der Waals surface area contributed by atoms with Crippen LogP contribution in [0.2, 0.25) is 0 Å². The summed E-state index contributed by atoms with van der Waals surface area (Å²) in [6.07, 6.45) is -1.09. The first-order valence-electron chi connectivity index (χ1n) is 11.6.